The lowest BCUT2D eigenvalue weighted by atomic mass is 10.3. The van der Waals surface area contributed by atoms with E-state index in [1.165, 1.54) is 0 Å². The van der Waals surface area contributed by atoms with Crippen LogP contribution >= 0.6 is 0 Å². The zero-order valence-electron chi connectivity index (χ0n) is 7.83. The van der Waals surface area contributed by atoms with Crippen molar-refractivity contribution in [3.05, 3.63) is 26.7 Å². The van der Waals surface area contributed by atoms with Gasteiger partial charge in [0.05, 0.1) is 0 Å². The Morgan fingerprint density at radius 2 is 2.00 bits per heavy atom. The maximum Gasteiger partial charge on any atom is 0.327 e. The number of aliphatic hydroxyl groups excluding tert-OH is 1. The van der Waals surface area contributed by atoms with E-state index in [2.05, 4.69) is 19.9 Å². The number of aromatic amines is 3. The van der Waals surface area contributed by atoms with E-state index in [0.29, 0.717) is 18.7 Å². The SMILES string of the molecule is O=c1[nH]c(=O)c2[nH]c(CCCO)nc2[nH]1. The predicted molar refractivity (Wildman–Crippen MR) is 52.7 cm³/mol. The zero-order valence-corrected chi connectivity index (χ0v) is 7.83. The molecular formula is C8H10N4O3. The summed E-state index contributed by atoms with van der Waals surface area (Å²) in [5.74, 6) is 0.575. The van der Waals surface area contributed by atoms with Crippen LogP contribution < -0.4 is 11.2 Å². The van der Waals surface area contributed by atoms with Gasteiger partial charge in [0.1, 0.15) is 11.3 Å². The second-order valence-electron chi connectivity index (χ2n) is 3.14. The van der Waals surface area contributed by atoms with Crippen molar-refractivity contribution in [2.45, 2.75) is 12.8 Å². The van der Waals surface area contributed by atoms with Crippen LogP contribution in [0.4, 0.5) is 0 Å². The lowest BCUT2D eigenvalue weighted by molar-refractivity contribution is 0.287. The maximum absolute atomic E-state index is 11.3. The Hall–Kier alpha value is -1.89. The first-order valence-corrected chi connectivity index (χ1v) is 4.53. The monoisotopic (exact) mass is 210 g/mol. The van der Waals surface area contributed by atoms with Crippen LogP contribution in [-0.2, 0) is 6.42 Å². The lowest BCUT2D eigenvalue weighted by Gasteiger charge is -1.90. The number of aliphatic hydroxyl groups is 1. The molecule has 0 saturated carbocycles. The Morgan fingerprint density at radius 1 is 1.20 bits per heavy atom. The smallest absolute Gasteiger partial charge is 0.327 e. The largest absolute Gasteiger partial charge is 0.396 e. The molecule has 0 aliphatic carbocycles. The topological polar surface area (TPSA) is 115 Å². The van der Waals surface area contributed by atoms with E-state index in [1.807, 2.05) is 0 Å². The van der Waals surface area contributed by atoms with E-state index in [-0.39, 0.29) is 17.8 Å². The van der Waals surface area contributed by atoms with Gasteiger partial charge in [0.15, 0.2) is 5.65 Å². The van der Waals surface area contributed by atoms with Gasteiger partial charge in [-0.05, 0) is 6.42 Å². The molecule has 0 aliphatic heterocycles. The zero-order chi connectivity index (χ0) is 10.8. The average molecular weight is 210 g/mol. The highest BCUT2D eigenvalue weighted by atomic mass is 16.3. The average Bonchev–Trinajstić information content (AvgIpc) is 2.57. The summed E-state index contributed by atoms with van der Waals surface area (Å²) in [5, 5.41) is 8.63. The van der Waals surface area contributed by atoms with Crippen LogP contribution in [0.1, 0.15) is 12.2 Å². The number of fused-ring (bicyclic) bond motifs is 1. The van der Waals surface area contributed by atoms with Crippen LogP contribution in [0.3, 0.4) is 0 Å². The van der Waals surface area contributed by atoms with Gasteiger partial charge in [-0.1, -0.05) is 0 Å². The summed E-state index contributed by atoms with van der Waals surface area (Å²) in [4.78, 5) is 33.5. The molecule has 15 heavy (non-hydrogen) atoms. The molecule has 0 amide bonds. The minimum atomic E-state index is -0.576. The second-order valence-corrected chi connectivity index (χ2v) is 3.14. The molecule has 0 spiro atoms. The predicted octanol–water partition coefficient (Wildman–Crippen LogP) is -1.14. The van der Waals surface area contributed by atoms with Crippen molar-refractivity contribution in [3.63, 3.8) is 0 Å². The summed E-state index contributed by atoms with van der Waals surface area (Å²) in [6, 6.07) is 0. The highest BCUT2D eigenvalue weighted by Gasteiger charge is 2.06. The third-order valence-corrected chi connectivity index (χ3v) is 2.01. The number of rotatable bonds is 3. The van der Waals surface area contributed by atoms with Gasteiger partial charge in [-0.2, -0.15) is 0 Å². The van der Waals surface area contributed by atoms with Crippen LogP contribution in [-0.4, -0.2) is 31.6 Å². The fraction of sp³-hybridized carbons (Fsp3) is 0.375. The number of H-pyrrole nitrogens is 3. The fourth-order valence-corrected chi connectivity index (χ4v) is 1.35. The van der Waals surface area contributed by atoms with E-state index in [9.17, 15) is 9.59 Å². The molecule has 0 unspecified atom stereocenters. The van der Waals surface area contributed by atoms with Crippen molar-refractivity contribution in [2.75, 3.05) is 6.61 Å². The van der Waals surface area contributed by atoms with Gasteiger partial charge >= 0.3 is 5.69 Å². The minimum Gasteiger partial charge on any atom is -0.396 e. The van der Waals surface area contributed by atoms with Crippen LogP contribution in [0.2, 0.25) is 0 Å². The first-order valence-electron chi connectivity index (χ1n) is 4.53. The minimum absolute atomic E-state index is 0.0594. The fourth-order valence-electron chi connectivity index (χ4n) is 1.35. The Labute approximate surface area is 83.2 Å². The van der Waals surface area contributed by atoms with Gasteiger partial charge in [0.25, 0.3) is 5.56 Å². The lowest BCUT2D eigenvalue weighted by Crippen LogP contribution is -2.21. The summed E-state index contributed by atoms with van der Waals surface area (Å²) >= 11 is 0. The summed E-state index contributed by atoms with van der Waals surface area (Å²) in [7, 11) is 0. The molecule has 7 nitrogen and oxygen atoms in total. The first-order chi connectivity index (χ1) is 7.20. The Morgan fingerprint density at radius 3 is 2.73 bits per heavy atom. The Kier molecular flexibility index (Phi) is 2.38. The number of aromatic nitrogens is 4. The van der Waals surface area contributed by atoms with Gasteiger partial charge in [-0.3, -0.25) is 14.8 Å². The van der Waals surface area contributed by atoms with E-state index in [4.69, 9.17) is 5.11 Å². The van der Waals surface area contributed by atoms with Gasteiger partial charge < -0.3 is 10.1 Å². The van der Waals surface area contributed by atoms with Crippen LogP contribution in [0.25, 0.3) is 11.2 Å². The van der Waals surface area contributed by atoms with Crippen molar-refractivity contribution in [3.8, 4) is 0 Å². The van der Waals surface area contributed by atoms with Crippen molar-refractivity contribution in [1.29, 1.82) is 0 Å². The molecule has 0 aliphatic rings. The molecule has 0 fully saturated rings. The third kappa shape index (κ3) is 1.82. The molecule has 2 aromatic rings. The molecule has 2 heterocycles. The molecule has 7 heteroatoms. The molecule has 2 rings (SSSR count). The number of nitrogens with one attached hydrogen (secondary N) is 3. The standard InChI is InChI=1S/C8H10N4O3/c13-3-1-2-4-9-5-6(10-4)11-8(15)12-7(5)14/h13H,1-3H2,(H3,9,10,11,12,14,15). The van der Waals surface area contributed by atoms with Crippen LogP contribution in [0.15, 0.2) is 9.59 Å². The van der Waals surface area contributed by atoms with E-state index in [0.717, 1.165) is 0 Å². The number of hydrogen-bond donors (Lipinski definition) is 4. The molecular weight excluding hydrogens is 200 g/mol. The quantitative estimate of drug-likeness (QED) is 0.512. The van der Waals surface area contributed by atoms with Crippen molar-refractivity contribution in [1.82, 2.24) is 19.9 Å². The number of hydrogen-bond acceptors (Lipinski definition) is 4. The van der Waals surface area contributed by atoms with Crippen molar-refractivity contribution in [2.24, 2.45) is 0 Å². The number of imidazole rings is 1. The van der Waals surface area contributed by atoms with Crippen molar-refractivity contribution < 1.29 is 5.11 Å². The molecule has 0 saturated heterocycles. The maximum atomic E-state index is 11.3. The van der Waals surface area contributed by atoms with Crippen LogP contribution in [0.5, 0.6) is 0 Å². The normalized spacial score (nSPS) is 11.0. The highest BCUT2D eigenvalue weighted by Crippen LogP contribution is 2.03. The summed E-state index contributed by atoms with van der Waals surface area (Å²) < 4.78 is 0. The molecule has 0 radical (unpaired) electrons. The second kappa shape index (κ2) is 3.70. The highest BCUT2D eigenvalue weighted by molar-refractivity contribution is 5.68. The first kappa shape index (κ1) is 9.66. The van der Waals surface area contributed by atoms with Crippen LogP contribution in [0, 0.1) is 0 Å². The number of aryl methyl sites for hydroxylation is 1. The van der Waals surface area contributed by atoms with E-state index in [1.54, 1.807) is 0 Å². The van der Waals surface area contributed by atoms with Crippen molar-refractivity contribution >= 4 is 11.2 Å². The van der Waals surface area contributed by atoms with E-state index >= 15 is 0 Å². The molecule has 2 aromatic heterocycles. The number of nitrogens with zero attached hydrogens (tertiary/aromatic N) is 1. The van der Waals surface area contributed by atoms with Gasteiger partial charge in [-0.15, -0.1) is 0 Å². The molecule has 0 bridgehead atoms. The summed E-state index contributed by atoms with van der Waals surface area (Å²) in [6.07, 6.45) is 1.09. The molecule has 0 aromatic carbocycles. The van der Waals surface area contributed by atoms with E-state index < -0.39 is 11.2 Å². The van der Waals surface area contributed by atoms with Gasteiger partial charge in [0, 0.05) is 13.0 Å². The van der Waals surface area contributed by atoms with Gasteiger partial charge in [0.2, 0.25) is 0 Å². The summed E-state index contributed by atoms with van der Waals surface area (Å²) in [5.41, 5.74) is -0.566. The molecule has 0 atom stereocenters. The van der Waals surface area contributed by atoms with Gasteiger partial charge in [-0.25, -0.2) is 9.78 Å². The molecule has 4 N–H and O–H groups in total. The molecule has 80 valence electrons. The summed E-state index contributed by atoms with van der Waals surface area (Å²) in [6.45, 7) is 0.0594. The Balaban J connectivity index is 2.51. The third-order valence-electron chi connectivity index (χ3n) is 2.01. The Bertz CT molecular complexity index is 579.